The first-order valence-electron chi connectivity index (χ1n) is 5.93. The Balaban J connectivity index is 3.01. The smallest absolute Gasteiger partial charge is 0.246 e. The van der Waals surface area contributed by atoms with Crippen LogP contribution in [0.25, 0.3) is 0 Å². The Morgan fingerprint density at radius 2 is 1.70 bits per heavy atom. The van der Waals surface area contributed by atoms with Crippen molar-refractivity contribution in [3.63, 3.8) is 0 Å². The van der Waals surface area contributed by atoms with Gasteiger partial charge < -0.3 is 5.73 Å². The Labute approximate surface area is 116 Å². The lowest BCUT2D eigenvalue weighted by Crippen LogP contribution is -2.36. The number of hydrogen-bond donors (Lipinski definition) is 2. The Hall–Kier alpha value is -1.12. The average molecular weight is 310 g/mol. The summed E-state index contributed by atoms with van der Waals surface area (Å²) in [7, 11) is -4.40. The summed E-state index contributed by atoms with van der Waals surface area (Å²) in [5.41, 5.74) is 4.93. The van der Waals surface area contributed by atoms with Gasteiger partial charge in [0.1, 0.15) is 17.5 Å². The summed E-state index contributed by atoms with van der Waals surface area (Å²) >= 11 is 0. The van der Waals surface area contributed by atoms with Crippen LogP contribution >= 0.6 is 0 Å². The number of rotatable bonds is 6. The number of nitrogens with two attached hydrogens (primary N) is 1. The van der Waals surface area contributed by atoms with Crippen LogP contribution in [0.2, 0.25) is 0 Å². The van der Waals surface area contributed by atoms with Gasteiger partial charge >= 0.3 is 0 Å². The molecule has 8 heteroatoms. The third-order valence-electron chi connectivity index (χ3n) is 2.79. The fourth-order valence-electron chi connectivity index (χ4n) is 1.63. The van der Waals surface area contributed by atoms with E-state index in [9.17, 15) is 21.6 Å². The monoisotopic (exact) mass is 310 g/mol. The first-order valence-corrected chi connectivity index (χ1v) is 7.42. The van der Waals surface area contributed by atoms with Crippen LogP contribution in [-0.2, 0) is 10.0 Å². The molecule has 0 bridgehead atoms. The third-order valence-corrected chi connectivity index (χ3v) is 4.25. The molecule has 4 nitrogen and oxygen atoms in total. The normalized spacial score (nSPS) is 12.7. The summed E-state index contributed by atoms with van der Waals surface area (Å²) < 4.78 is 65.6. The zero-order chi connectivity index (χ0) is 15.6. The molecule has 0 unspecified atom stereocenters. The number of sulfonamides is 1. The van der Waals surface area contributed by atoms with Gasteiger partial charge in [-0.3, -0.25) is 0 Å². The first-order chi connectivity index (χ1) is 9.09. The Morgan fingerprint density at radius 1 is 1.20 bits per heavy atom. The van der Waals surface area contributed by atoms with Crippen LogP contribution in [0.1, 0.15) is 20.3 Å². The van der Waals surface area contributed by atoms with E-state index in [1.165, 1.54) is 0 Å². The summed E-state index contributed by atoms with van der Waals surface area (Å²) in [6.07, 6.45) is 0.532. The van der Waals surface area contributed by atoms with Crippen LogP contribution in [0.5, 0.6) is 0 Å². The summed E-state index contributed by atoms with van der Waals surface area (Å²) in [6, 6.07) is 0.644. The van der Waals surface area contributed by atoms with E-state index in [-0.39, 0.29) is 6.54 Å². The fourth-order valence-corrected chi connectivity index (χ4v) is 2.98. The van der Waals surface area contributed by atoms with Crippen LogP contribution in [0.3, 0.4) is 0 Å². The van der Waals surface area contributed by atoms with Gasteiger partial charge in [0.25, 0.3) is 0 Å². The first kappa shape index (κ1) is 16.9. The molecule has 0 aliphatic carbocycles. The van der Waals surface area contributed by atoms with Crippen molar-refractivity contribution in [1.29, 1.82) is 0 Å². The van der Waals surface area contributed by atoms with Crippen LogP contribution in [-0.4, -0.2) is 21.5 Å². The Morgan fingerprint density at radius 3 is 2.15 bits per heavy atom. The number of benzene rings is 1. The zero-order valence-electron chi connectivity index (χ0n) is 11.2. The molecule has 114 valence electrons. The van der Waals surface area contributed by atoms with Gasteiger partial charge in [-0.2, -0.15) is 0 Å². The highest BCUT2D eigenvalue weighted by Gasteiger charge is 2.27. The lowest BCUT2D eigenvalue weighted by molar-refractivity contribution is 0.339. The molecule has 0 fully saturated rings. The molecule has 0 aliphatic rings. The van der Waals surface area contributed by atoms with E-state index < -0.39 is 37.8 Å². The van der Waals surface area contributed by atoms with E-state index in [0.29, 0.717) is 25.1 Å². The fraction of sp³-hybridized carbons (Fsp3) is 0.500. The average Bonchev–Trinajstić information content (AvgIpc) is 2.24. The van der Waals surface area contributed by atoms with Crippen molar-refractivity contribution in [3.8, 4) is 0 Å². The molecule has 0 spiro atoms. The van der Waals surface area contributed by atoms with Crippen molar-refractivity contribution in [2.75, 3.05) is 13.1 Å². The van der Waals surface area contributed by atoms with Gasteiger partial charge in [0.15, 0.2) is 4.90 Å². The Bertz CT molecular complexity index is 565. The molecule has 1 rings (SSSR count). The molecular formula is C12H17F3N2O2S. The van der Waals surface area contributed by atoms with E-state index in [0.717, 1.165) is 0 Å². The predicted octanol–water partition coefficient (Wildman–Crippen LogP) is 1.76. The maximum Gasteiger partial charge on any atom is 0.246 e. The molecule has 0 atom stereocenters. The highest BCUT2D eigenvalue weighted by atomic mass is 32.2. The van der Waals surface area contributed by atoms with E-state index in [1.807, 2.05) is 0 Å². The van der Waals surface area contributed by atoms with Crippen molar-refractivity contribution in [2.24, 2.45) is 11.1 Å². The molecule has 20 heavy (non-hydrogen) atoms. The SMILES string of the molecule is CC(C)(CCN)CNS(=O)(=O)c1c(F)cc(F)cc1F. The molecule has 0 aromatic heterocycles. The highest BCUT2D eigenvalue weighted by molar-refractivity contribution is 7.89. The lowest BCUT2D eigenvalue weighted by atomic mass is 9.90. The maximum atomic E-state index is 13.5. The molecule has 1 aromatic carbocycles. The molecule has 0 radical (unpaired) electrons. The molecule has 0 aliphatic heterocycles. The van der Waals surface area contributed by atoms with Crippen LogP contribution in [0.4, 0.5) is 13.2 Å². The molecule has 1 aromatic rings. The van der Waals surface area contributed by atoms with Gasteiger partial charge in [-0.15, -0.1) is 0 Å². The van der Waals surface area contributed by atoms with Gasteiger partial charge in [-0.1, -0.05) is 13.8 Å². The number of hydrogen-bond acceptors (Lipinski definition) is 3. The van der Waals surface area contributed by atoms with Crippen molar-refractivity contribution in [2.45, 2.75) is 25.2 Å². The lowest BCUT2D eigenvalue weighted by Gasteiger charge is -2.24. The molecule has 0 heterocycles. The van der Waals surface area contributed by atoms with Crippen molar-refractivity contribution in [3.05, 3.63) is 29.6 Å². The number of nitrogens with one attached hydrogen (secondary N) is 1. The summed E-state index contributed by atoms with van der Waals surface area (Å²) in [6.45, 7) is 3.84. The topological polar surface area (TPSA) is 72.2 Å². The van der Waals surface area contributed by atoms with Crippen molar-refractivity contribution in [1.82, 2.24) is 4.72 Å². The molecule has 0 saturated carbocycles. The van der Waals surface area contributed by atoms with Gasteiger partial charge in [0.2, 0.25) is 10.0 Å². The van der Waals surface area contributed by atoms with Crippen molar-refractivity contribution >= 4 is 10.0 Å². The number of halogens is 3. The minimum atomic E-state index is -4.40. The van der Waals surface area contributed by atoms with Crippen LogP contribution in [0, 0.1) is 22.9 Å². The second-order valence-electron chi connectivity index (χ2n) is 5.23. The minimum absolute atomic E-state index is 0.0389. The van der Waals surface area contributed by atoms with E-state index >= 15 is 0 Å². The van der Waals surface area contributed by atoms with E-state index in [2.05, 4.69) is 4.72 Å². The second-order valence-corrected chi connectivity index (χ2v) is 6.93. The van der Waals surface area contributed by atoms with Gasteiger partial charge in [0, 0.05) is 18.7 Å². The maximum absolute atomic E-state index is 13.5. The highest BCUT2D eigenvalue weighted by Crippen LogP contribution is 2.22. The van der Waals surface area contributed by atoms with Gasteiger partial charge in [-0.05, 0) is 18.4 Å². The minimum Gasteiger partial charge on any atom is -0.330 e. The summed E-state index contributed by atoms with van der Waals surface area (Å²) in [5.74, 6) is -4.11. The molecule has 0 saturated heterocycles. The van der Waals surface area contributed by atoms with E-state index in [4.69, 9.17) is 5.73 Å². The quantitative estimate of drug-likeness (QED) is 0.841. The second kappa shape index (κ2) is 6.11. The van der Waals surface area contributed by atoms with Gasteiger partial charge in [0.05, 0.1) is 0 Å². The molecule has 0 amide bonds. The standard InChI is InChI=1S/C12H17F3N2O2S/c1-12(2,3-4-16)7-17-20(18,19)11-9(14)5-8(13)6-10(11)15/h5-6,17H,3-4,7,16H2,1-2H3. The predicted molar refractivity (Wildman–Crippen MR) is 69.0 cm³/mol. The Kier molecular flexibility index (Phi) is 5.17. The zero-order valence-corrected chi connectivity index (χ0v) is 12.0. The van der Waals surface area contributed by atoms with Crippen molar-refractivity contribution < 1.29 is 21.6 Å². The molecule has 3 N–H and O–H groups in total. The van der Waals surface area contributed by atoms with Gasteiger partial charge in [-0.25, -0.2) is 26.3 Å². The third kappa shape index (κ3) is 4.19. The summed E-state index contributed by atoms with van der Waals surface area (Å²) in [5, 5.41) is 0. The summed E-state index contributed by atoms with van der Waals surface area (Å²) in [4.78, 5) is -1.18. The largest absolute Gasteiger partial charge is 0.330 e. The van der Waals surface area contributed by atoms with Crippen LogP contribution in [0.15, 0.2) is 17.0 Å². The van der Waals surface area contributed by atoms with E-state index in [1.54, 1.807) is 13.8 Å². The van der Waals surface area contributed by atoms with Crippen LogP contribution < -0.4 is 10.5 Å². The molecular weight excluding hydrogens is 293 g/mol.